The summed E-state index contributed by atoms with van der Waals surface area (Å²) < 4.78 is 0. The quantitative estimate of drug-likeness (QED) is 0.685. The van der Waals surface area contributed by atoms with Gasteiger partial charge in [-0.25, -0.2) is 9.97 Å². The van der Waals surface area contributed by atoms with Gasteiger partial charge in [0.2, 0.25) is 0 Å². The fourth-order valence-electron chi connectivity index (χ4n) is 2.34. The highest BCUT2D eigenvalue weighted by Gasteiger charge is 2.17. The molecule has 0 bridgehead atoms. The smallest absolute Gasteiger partial charge is 0.263 e. The molecule has 3 N–H and O–H groups in total. The predicted octanol–water partition coefficient (Wildman–Crippen LogP) is 1.75. The number of rotatable bonds is 3. The second kappa shape index (κ2) is 5.68. The molecule has 3 aromatic rings. The third-order valence-electron chi connectivity index (χ3n) is 3.58. The Morgan fingerprint density at radius 3 is 2.78 bits per heavy atom. The number of nitrogens with one attached hydrogen (secondary N) is 3. The number of H-pyrrole nitrogens is 2. The van der Waals surface area contributed by atoms with Gasteiger partial charge in [0.1, 0.15) is 17.2 Å². The molecule has 0 aliphatic carbocycles. The molecule has 0 radical (unpaired) electrons. The molecule has 7 nitrogen and oxygen atoms in total. The van der Waals surface area contributed by atoms with Crippen LogP contribution in [0.3, 0.4) is 0 Å². The molecule has 0 spiro atoms. The van der Waals surface area contributed by atoms with E-state index in [-0.39, 0.29) is 11.6 Å². The minimum atomic E-state index is -0.483. The third-order valence-corrected chi connectivity index (χ3v) is 3.58. The minimum Gasteiger partial charge on any atom is -0.342 e. The van der Waals surface area contributed by atoms with Crippen molar-refractivity contribution in [3.05, 3.63) is 57.5 Å². The SMILES string of the molecule is Cc1ccc2nc([C@@H](C)NC(=O)c3cnc(C)[nH]c3=O)[nH]c2c1. The molecule has 1 amide bonds. The van der Waals surface area contributed by atoms with Crippen LogP contribution in [0.2, 0.25) is 0 Å². The summed E-state index contributed by atoms with van der Waals surface area (Å²) in [6.45, 7) is 5.46. The van der Waals surface area contributed by atoms with Gasteiger partial charge >= 0.3 is 0 Å². The standard InChI is InChI=1S/C16H17N5O2/c1-8-4-5-12-13(6-8)21-14(20-12)9(2)18-15(22)11-7-17-10(3)19-16(11)23/h4-7,9H,1-3H3,(H,18,22)(H,20,21)(H,17,19,23)/t9-/m1/s1. The predicted molar refractivity (Wildman–Crippen MR) is 86.3 cm³/mol. The molecule has 0 aliphatic heterocycles. The molecule has 2 aromatic heterocycles. The number of aromatic amines is 2. The summed E-state index contributed by atoms with van der Waals surface area (Å²) in [7, 11) is 0. The number of imidazole rings is 1. The van der Waals surface area contributed by atoms with Gasteiger partial charge in [0.15, 0.2) is 0 Å². The van der Waals surface area contributed by atoms with Crippen molar-refractivity contribution in [3.8, 4) is 0 Å². The lowest BCUT2D eigenvalue weighted by Crippen LogP contribution is -2.32. The van der Waals surface area contributed by atoms with Crippen molar-refractivity contribution in [1.82, 2.24) is 25.3 Å². The zero-order valence-corrected chi connectivity index (χ0v) is 13.1. The summed E-state index contributed by atoms with van der Waals surface area (Å²) in [6.07, 6.45) is 1.28. The average molecular weight is 311 g/mol. The number of benzene rings is 1. The van der Waals surface area contributed by atoms with Crippen molar-refractivity contribution in [3.63, 3.8) is 0 Å². The lowest BCUT2D eigenvalue weighted by atomic mass is 10.2. The maximum absolute atomic E-state index is 12.2. The summed E-state index contributed by atoms with van der Waals surface area (Å²) in [5.41, 5.74) is 2.40. The molecule has 0 saturated heterocycles. The molecule has 23 heavy (non-hydrogen) atoms. The van der Waals surface area contributed by atoms with Gasteiger partial charge in [0.05, 0.1) is 17.1 Å². The number of aryl methyl sites for hydroxylation is 2. The Labute approximate surface area is 132 Å². The van der Waals surface area contributed by atoms with Crippen LogP contribution >= 0.6 is 0 Å². The van der Waals surface area contributed by atoms with E-state index in [1.807, 2.05) is 25.1 Å². The Balaban J connectivity index is 1.83. The summed E-state index contributed by atoms with van der Waals surface area (Å²) in [5.74, 6) is 0.616. The van der Waals surface area contributed by atoms with Crippen LogP contribution in [0.25, 0.3) is 11.0 Å². The number of fused-ring (bicyclic) bond motifs is 1. The average Bonchev–Trinajstić information content (AvgIpc) is 2.90. The van der Waals surface area contributed by atoms with Gasteiger partial charge in [0.25, 0.3) is 11.5 Å². The van der Waals surface area contributed by atoms with Gasteiger partial charge in [-0.2, -0.15) is 0 Å². The first-order chi connectivity index (χ1) is 10.9. The number of nitrogens with zero attached hydrogens (tertiary/aromatic N) is 2. The zero-order chi connectivity index (χ0) is 16.6. The van der Waals surface area contributed by atoms with Crippen molar-refractivity contribution < 1.29 is 4.79 Å². The Morgan fingerprint density at radius 2 is 2.04 bits per heavy atom. The van der Waals surface area contributed by atoms with Gasteiger partial charge < -0.3 is 15.3 Å². The van der Waals surface area contributed by atoms with Gasteiger partial charge in [-0.1, -0.05) is 6.07 Å². The summed E-state index contributed by atoms with van der Waals surface area (Å²) in [6, 6.07) is 5.53. The fourth-order valence-corrected chi connectivity index (χ4v) is 2.34. The number of carbonyl (C=O) groups excluding carboxylic acids is 1. The summed E-state index contributed by atoms with van der Waals surface area (Å²) in [4.78, 5) is 38.1. The molecule has 1 aromatic carbocycles. The number of carbonyl (C=O) groups is 1. The van der Waals surface area contributed by atoms with E-state index < -0.39 is 11.5 Å². The number of hydrogen-bond acceptors (Lipinski definition) is 4. The van der Waals surface area contributed by atoms with Crippen LogP contribution in [-0.2, 0) is 0 Å². The highest BCUT2D eigenvalue weighted by Crippen LogP contribution is 2.17. The van der Waals surface area contributed by atoms with E-state index in [0.717, 1.165) is 16.6 Å². The van der Waals surface area contributed by atoms with Crippen LogP contribution in [0.1, 0.15) is 40.5 Å². The van der Waals surface area contributed by atoms with E-state index in [0.29, 0.717) is 11.6 Å². The van der Waals surface area contributed by atoms with E-state index in [9.17, 15) is 9.59 Å². The maximum atomic E-state index is 12.2. The molecule has 0 unspecified atom stereocenters. The first kappa shape index (κ1) is 15.0. The summed E-state index contributed by atoms with van der Waals surface area (Å²) in [5, 5.41) is 2.76. The van der Waals surface area contributed by atoms with Gasteiger partial charge in [-0.05, 0) is 38.5 Å². The number of hydrogen-bond donors (Lipinski definition) is 3. The molecule has 0 fully saturated rings. The Kier molecular flexibility index (Phi) is 3.69. The molecule has 3 rings (SSSR count). The highest BCUT2D eigenvalue weighted by atomic mass is 16.2. The van der Waals surface area contributed by atoms with Crippen LogP contribution in [-0.4, -0.2) is 25.8 Å². The van der Waals surface area contributed by atoms with E-state index in [1.165, 1.54) is 6.20 Å². The lowest BCUT2D eigenvalue weighted by Gasteiger charge is -2.10. The van der Waals surface area contributed by atoms with E-state index in [2.05, 4.69) is 25.3 Å². The Bertz CT molecular complexity index is 941. The van der Waals surface area contributed by atoms with Gasteiger partial charge in [-0.3, -0.25) is 9.59 Å². The first-order valence-corrected chi connectivity index (χ1v) is 7.27. The van der Waals surface area contributed by atoms with E-state index in [4.69, 9.17) is 0 Å². The van der Waals surface area contributed by atoms with Crippen LogP contribution in [0.15, 0.2) is 29.2 Å². The van der Waals surface area contributed by atoms with E-state index >= 15 is 0 Å². The van der Waals surface area contributed by atoms with Crippen molar-refractivity contribution in [2.24, 2.45) is 0 Å². The minimum absolute atomic E-state index is 0.0191. The van der Waals surface area contributed by atoms with Crippen molar-refractivity contribution >= 4 is 16.9 Å². The molecular formula is C16H17N5O2. The first-order valence-electron chi connectivity index (χ1n) is 7.27. The van der Waals surface area contributed by atoms with Gasteiger partial charge in [0, 0.05) is 6.20 Å². The van der Waals surface area contributed by atoms with Crippen LogP contribution in [0.4, 0.5) is 0 Å². The number of aromatic nitrogens is 4. The summed E-state index contributed by atoms with van der Waals surface area (Å²) >= 11 is 0. The third kappa shape index (κ3) is 2.98. The van der Waals surface area contributed by atoms with Gasteiger partial charge in [-0.15, -0.1) is 0 Å². The lowest BCUT2D eigenvalue weighted by molar-refractivity contribution is 0.0936. The topological polar surface area (TPSA) is 104 Å². The van der Waals surface area contributed by atoms with Crippen molar-refractivity contribution in [1.29, 1.82) is 0 Å². The second-order valence-electron chi connectivity index (χ2n) is 5.55. The molecular weight excluding hydrogens is 294 g/mol. The Morgan fingerprint density at radius 1 is 1.26 bits per heavy atom. The van der Waals surface area contributed by atoms with Crippen LogP contribution in [0.5, 0.6) is 0 Å². The van der Waals surface area contributed by atoms with Crippen molar-refractivity contribution in [2.75, 3.05) is 0 Å². The van der Waals surface area contributed by atoms with Crippen molar-refractivity contribution in [2.45, 2.75) is 26.8 Å². The number of amides is 1. The largest absolute Gasteiger partial charge is 0.342 e. The molecule has 0 saturated carbocycles. The molecule has 0 aliphatic rings. The molecule has 118 valence electrons. The highest BCUT2D eigenvalue weighted by molar-refractivity contribution is 5.93. The van der Waals surface area contributed by atoms with E-state index in [1.54, 1.807) is 13.8 Å². The molecule has 7 heteroatoms. The second-order valence-corrected chi connectivity index (χ2v) is 5.55. The molecule has 1 atom stereocenters. The van der Waals surface area contributed by atoms with Crippen LogP contribution < -0.4 is 10.9 Å². The maximum Gasteiger partial charge on any atom is 0.263 e. The molecule has 2 heterocycles. The van der Waals surface area contributed by atoms with Crippen LogP contribution in [0, 0.1) is 13.8 Å². The fraction of sp³-hybridized carbons (Fsp3) is 0.250. The zero-order valence-electron chi connectivity index (χ0n) is 13.1. The monoisotopic (exact) mass is 311 g/mol. The normalized spacial score (nSPS) is 12.3. The Hall–Kier alpha value is -2.96.